The van der Waals surface area contributed by atoms with E-state index in [0.29, 0.717) is 0 Å². The number of hydrogen-bond donors (Lipinski definition) is 0. The molecular formula is C13H18BrN. The number of nitrogens with zero attached hydrogens (tertiary/aromatic N) is 1. The highest BCUT2D eigenvalue weighted by Crippen LogP contribution is 2.30. The minimum Gasteiger partial charge on any atom is -0.368 e. The zero-order valence-corrected chi connectivity index (χ0v) is 10.8. The van der Waals surface area contributed by atoms with Crippen molar-refractivity contribution in [3.8, 4) is 0 Å². The van der Waals surface area contributed by atoms with Gasteiger partial charge in [-0.15, -0.1) is 0 Å². The monoisotopic (exact) mass is 267 g/mol. The second-order valence-corrected chi connectivity index (χ2v) is 4.72. The molecule has 1 atom stereocenters. The summed E-state index contributed by atoms with van der Waals surface area (Å²) in [5.74, 6) is 0. The summed E-state index contributed by atoms with van der Waals surface area (Å²) in [6, 6.07) is 9.49. The normalized spacial score (nSPS) is 20.9. The molecule has 0 spiro atoms. The SMILES string of the molecule is CCC1CCCN1c1ccccc1CBr. The molecule has 1 aliphatic heterocycles. The lowest BCUT2D eigenvalue weighted by atomic mass is 10.1. The van der Waals surface area contributed by atoms with Crippen LogP contribution in [0.5, 0.6) is 0 Å². The van der Waals surface area contributed by atoms with Crippen LogP contribution in [0.3, 0.4) is 0 Å². The van der Waals surface area contributed by atoms with E-state index >= 15 is 0 Å². The fraction of sp³-hybridized carbons (Fsp3) is 0.538. The van der Waals surface area contributed by atoms with Gasteiger partial charge < -0.3 is 4.90 Å². The fourth-order valence-corrected chi connectivity index (χ4v) is 2.96. The molecule has 0 bridgehead atoms. The highest BCUT2D eigenvalue weighted by atomic mass is 79.9. The average Bonchev–Trinajstić information content (AvgIpc) is 2.76. The van der Waals surface area contributed by atoms with Gasteiger partial charge in [0.2, 0.25) is 0 Å². The van der Waals surface area contributed by atoms with Crippen LogP contribution >= 0.6 is 15.9 Å². The maximum atomic E-state index is 3.57. The number of anilines is 1. The third kappa shape index (κ3) is 2.20. The van der Waals surface area contributed by atoms with E-state index in [1.807, 2.05) is 0 Å². The summed E-state index contributed by atoms with van der Waals surface area (Å²) in [4.78, 5) is 2.58. The van der Waals surface area contributed by atoms with E-state index in [4.69, 9.17) is 0 Å². The molecule has 1 aliphatic rings. The number of halogens is 1. The summed E-state index contributed by atoms with van der Waals surface area (Å²) < 4.78 is 0. The van der Waals surface area contributed by atoms with Crippen molar-refractivity contribution < 1.29 is 0 Å². The molecule has 1 nitrogen and oxygen atoms in total. The van der Waals surface area contributed by atoms with Crippen LogP contribution in [0.15, 0.2) is 24.3 Å². The lowest BCUT2D eigenvalue weighted by Crippen LogP contribution is -2.29. The molecule has 2 rings (SSSR count). The summed E-state index contributed by atoms with van der Waals surface area (Å²) in [6.07, 6.45) is 3.96. The molecule has 0 radical (unpaired) electrons. The molecule has 15 heavy (non-hydrogen) atoms. The first-order chi connectivity index (χ1) is 7.36. The topological polar surface area (TPSA) is 3.24 Å². The van der Waals surface area contributed by atoms with E-state index in [2.05, 4.69) is 52.0 Å². The van der Waals surface area contributed by atoms with Crippen molar-refractivity contribution in [1.29, 1.82) is 0 Å². The predicted molar refractivity (Wildman–Crippen MR) is 69.7 cm³/mol. The zero-order valence-electron chi connectivity index (χ0n) is 9.25. The van der Waals surface area contributed by atoms with E-state index in [9.17, 15) is 0 Å². The highest BCUT2D eigenvalue weighted by molar-refractivity contribution is 9.08. The third-order valence-electron chi connectivity index (χ3n) is 3.29. The molecule has 1 fully saturated rings. The average molecular weight is 268 g/mol. The molecule has 0 amide bonds. The second kappa shape index (κ2) is 5.02. The first kappa shape index (κ1) is 11.0. The number of alkyl halides is 1. The van der Waals surface area contributed by atoms with Crippen molar-refractivity contribution in [1.82, 2.24) is 0 Å². The first-order valence-corrected chi connectivity index (χ1v) is 6.89. The Hall–Kier alpha value is -0.500. The van der Waals surface area contributed by atoms with Gasteiger partial charge in [-0.2, -0.15) is 0 Å². The van der Waals surface area contributed by atoms with Crippen LogP contribution in [-0.4, -0.2) is 12.6 Å². The summed E-state index contributed by atoms with van der Waals surface area (Å²) in [6.45, 7) is 3.52. The first-order valence-electron chi connectivity index (χ1n) is 5.77. The van der Waals surface area contributed by atoms with Crippen LogP contribution in [0.25, 0.3) is 0 Å². The van der Waals surface area contributed by atoms with Crippen molar-refractivity contribution in [3.05, 3.63) is 29.8 Å². The summed E-state index contributed by atoms with van der Waals surface area (Å²) in [5, 5.41) is 0.954. The molecule has 0 aromatic heterocycles. The summed E-state index contributed by atoms with van der Waals surface area (Å²) >= 11 is 3.57. The minimum atomic E-state index is 0.755. The second-order valence-electron chi connectivity index (χ2n) is 4.16. The van der Waals surface area contributed by atoms with Gasteiger partial charge in [0.15, 0.2) is 0 Å². The van der Waals surface area contributed by atoms with Crippen LogP contribution in [0.2, 0.25) is 0 Å². The minimum absolute atomic E-state index is 0.755. The van der Waals surface area contributed by atoms with Crippen LogP contribution in [-0.2, 0) is 5.33 Å². The molecule has 1 saturated heterocycles. The number of benzene rings is 1. The molecule has 1 unspecified atom stereocenters. The predicted octanol–water partition coefficient (Wildman–Crippen LogP) is 3.96. The molecule has 1 aromatic rings. The van der Waals surface area contributed by atoms with Crippen molar-refractivity contribution in [2.45, 2.75) is 37.6 Å². The van der Waals surface area contributed by atoms with E-state index < -0.39 is 0 Å². The van der Waals surface area contributed by atoms with Crippen molar-refractivity contribution in [3.63, 3.8) is 0 Å². The molecule has 0 N–H and O–H groups in total. The molecule has 1 heterocycles. The Labute approximate surface area is 101 Å². The highest BCUT2D eigenvalue weighted by Gasteiger charge is 2.24. The molecular weight excluding hydrogens is 250 g/mol. The number of rotatable bonds is 3. The van der Waals surface area contributed by atoms with E-state index in [-0.39, 0.29) is 0 Å². The van der Waals surface area contributed by atoms with E-state index in [1.165, 1.54) is 37.1 Å². The van der Waals surface area contributed by atoms with Crippen molar-refractivity contribution in [2.24, 2.45) is 0 Å². The van der Waals surface area contributed by atoms with Gasteiger partial charge in [-0.05, 0) is 30.9 Å². The molecule has 2 heteroatoms. The summed E-state index contributed by atoms with van der Waals surface area (Å²) in [5.41, 5.74) is 2.84. The smallest absolute Gasteiger partial charge is 0.0409 e. The van der Waals surface area contributed by atoms with Gasteiger partial charge in [0, 0.05) is 23.6 Å². The number of hydrogen-bond acceptors (Lipinski definition) is 1. The van der Waals surface area contributed by atoms with Crippen LogP contribution in [0.1, 0.15) is 31.7 Å². The quantitative estimate of drug-likeness (QED) is 0.750. The molecule has 82 valence electrons. The molecule has 0 aliphatic carbocycles. The van der Waals surface area contributed by atoms with Crippen molar-refractivity contribution in [2.75, 3.05) is 11.4 Å². The lowest BCUT2D eigenvalue weighted by Gasteiger charge is -2.27. The van der Waals surface area contributed by atoms with Gasteiger partial charge in [-0.3, -0.25) is 0 Å². The van der Waals surface area contributed by atoms with Gasteiger partial charge in [0.05, 0.1) is 0 Å². The van der Waals surface area contributed by atoms with Gasteiger partial charge in [0.25, 0.3) is 0 Å². The number of para-hydroxylation sites is 1. The van der Waals surface area contributed by atoms with Crippen LogP contribution in [0, 0.1) is 0 Å². The van der Waals surface area contributed by atoms with Crippen LogP contribution < -0.4 is 4.90 Å². The zero-order chi connectivity index (χ0) is 10.7. The Balaban J connectivity index is 2.27. The van der Waals surface area contributed by atoms with E-state index in [0.717, 1.165) is 11.4 Å². The summed E-state index contributed by atoms with van der Waals surface area (Å²) in [7, 11) is 0. The molecule has 1 aromatic carbocycles. The Morgan fingerprint density at radius 2 is 2.20 bits per heavy atom. The van der Waals surface area contributed by atoms with Crippen LogP contribution in [0.4, 0.5) is 5.69 Å². The molecule has 0 saturated carbocycles. The van der Waals surface area contributed by atoms with Gasteiger partial charge in [-0.1, -0.05) is 41.1 Å². The maximum absolute atomic E-state index is 3.57. The van der Waals surface area contributed by atoms with E-state index in [1.54, 1.807) is 0 Å². The Morgan fingerprint density at radius 3 is 2.93 bits per heavy atom. The standard InChI is InChI=1S/C13H18BrN/c1-2-12-7-5-9-15(12)13-8-4-3-6-11(13)10-14/h3-4,6,8,12H,2,5,7,9-10H2,1H3. The largest absolute Gasteiger partial charge is 0.368 e. The van der Waals surface area contributed by atoms with Crippen molar-refractivity contribution >= 4 is 21.6 Å². The van der Waals surface area contributed by atoms with Gasteiger partial charge in [-0.25, -0.2) is 0 Å². The van der Waals surface area contributed by atoms with Gasteiger partial charge in [0.1, 0.15) is 0 Å². The Morgan fingerprint density at radius 1 is 1.40 bits per heavy atom. The third-order valence-corrected chi connectivity index (χ3v) is 3.90. The maximum Gasteiger partial charge on any atom is 0.0409 e. The Kier molecular flexibility index (Phi) is 3.68. The Bertz CT molecular complexity index is 324. The fourth-order valence-electron chi connectivity index (χ4n) is 2.48. The lowest BCUT2D eigenvalue weighted by molar-refractivity contribution is 0.644. The van der Waals surface area contributed by atoms with Gasteiger partial charge >= 0.3 is 0 Å².